The highest BCUT2D eigenvalue weighted by Crippen LogP contribution is 2.31. The molecule has 1 aromatic heterocycles. The van der Waals surface area contributed by atoms with Crippen molar-refractivity contribution in [2.45, 2.75) is 18.4 Å². The van der Waals surface area contributed by atoms with Crippen molar-refractivity contribution in [3.63, 3.8) is 0 Å². The van der Waals surface area contributed by atoms with Crippen LogP contribution in [0.15, 0.2) is 36.7 Å². The van der Waals surface area contributed by atoms with Crippen LogP contribution in [0, 0.1) is 0 Å². The van der Waals surface area contributed by atoms with E-state index in [1.54, 1.807) is 29.1 Å². The number of urea groups is 1. The lowest BCUT2D eigenvalue weighted by Crippen LogP contribution is -2.52. The molecule has 2 aromatic rings. The Balaban J connectivity index is 1.85. The average molecular weight is 358 g/mol. The highest BCUT2D eigenvalue weighted by Gasteiger charge is 2.42. The maximum atomic E-state index is 13.1. The number of rotatable bonds is 5. The lowest BCUT2D eigenvalue weighted by Gasteiger charge is -2.36. The summed E-state index contributed by atoms with van der Waals surface area (Å²) in [7, 11) is 1.48. The second-order valence-electron chi connectivity index (χ2n) is 6.09. The molecule has 1 saturated heterocycles. The molecule has 0 atom stereocenters. The molecule has 26 heavy (non-hydrogen) atoms. The van der Waals surface area contributed by atoms with E-state index in [-0.39, 0.29) is 5.91 Å². The number of primary amides is 1. The number of carbonyl (C=O) groups is 2. The van der Waals surface area contributed by atoms with E-state index in [9.17, 15) is 9.59 Å². The molecule has 9 heteroatoms. The van der Waals surface area contributed by atoms with E-state index in [2.05, 4.69) is 21.0 Å². The zero-order valence-corrected chi connectivity index (χ0v) is 14.5. The number of hydrogen-bond acceptors (Lipinski definition) is 5. The zero-order valence-electron chi connectivity index (χ0n) is 14.5. The summed E-state index contributed by atoms with van der Waals surface area (Å²) in [5.74, 6) is 0.264. The van der Waals surface area contributed by atoms with Gasteiger partial charge in [-0.05, 0) is 44.1 Å². The number of methoxy groups -OCH3 is 1. The molecule has 1 fully saturated rings. The third-order valence-electron chi connectivity index (χ3n) is 4.51. The van der Waals surface area contributed by atoms with E-state index in [1.165, 1.54) is 7.11 Å². The van der Waals surface area contributed by atoms with E-state index >= 15 is 0 Å². The lowest BCUT2D eigenvalue weighted by atomic mass is 9.87. The van der Waals surface area contributed by atoms with Crippen molar-refractivity contribution in [2.75, 3.05) is 30.8 Å². The van der Waals surface area contributed by atoms with Crippen molar-refractivity contribution in [3.05, 3.63) is 36.7 Å². The van der Waals surface area contributed by atoms with Gasteiger partial charge in [0.05, 0.1) is 12.8 Å². The summed E-state index contributed by atoms with van der Waals surface area (Å²) in [6, 6.07) is 6.07. The van der Waals surface area contributed by atoms with Gasteiger partial charge in [0.25, 0.3) is 5.91 Å². The number of nitrogens with two attached hydrogens (primary N) is 1. The molecule has 9 nitrogen and oxygen atoms in total. The number of piperidine rings is 1. The number of benzene rings is 1. The van der Waals surface area contributed by atoms with Crippen LogP contribution in [0.1, 0.15) is 12.8 Å². The van der Waals surface area contributed by atoms with Crippen LogP contribution in [0.4, 0.5) is 16.2 Å². The minimum absolute atomic E-state index is 0.139. The van der Waals surface area contributed by atoms with Crippen molar-refractivity contribution in [1.29, 1.82) is 0 Å². The Morgan fingerprint density at radius 1 is 1.31 bits per heavy atom. The fourth-order valence-corrected chi connectivity index (χ4v) is 3.17. The SMILES string of the molecule is COc1cc(NC(=O)C2(n3cccn3)CCNCC2)ccc1NC(N)=O. The average Bonchev–Trinajstić information content (AvgIpc) is 3.18. The van der Waals surface area contributed by atoms with Gasteiger partial charge < -0.3 is 26.4 Å². The van der Waals surface area contributed by atoms with Gasteiger partial charge in [-0.1, -0.05) is 0 Å². The van der Waals surface area contributed by atoms with Crippen molar-refractivity contribution in [2.24, 2.45) is 5.73 Å². The Hall–Kier alpha value is -3.07. The van der Waals surface area contributed by atoms with Gasteiger partial charge in [-0.15, -0.1) is 0 Å². The fourth-order valence-electron chi connectivity index (χ4n) is 3.17. The van der Waals surface area contributed by atoms with E-state index in [4.69, 9.17) is 10.5 Å². The van der Waals surface area contributed by atoms with Gasteiger partial charge in [0.2, 0.25) is 0 Å². The first-order valence-corrected chi connectivity index (χ1v) is 8.32. The molecular weight excluding hydrogens is 336 g/mol. The zero-order chi connectivity index (χ0) is 18.6. The number of hydrogen-bond donors (Lipinski definition) is 4. The van der Waals surface area contributed by atoms with Crippen LogP contribution in [0.3, 0.4) is 0 Å². The first kappa shape index (κ1) is 17.7. The predicted molar refractivity (Wildman–Crippen MR) is 97.1 cm³/mol. The van der Waals surface area contributed by atoms with Crippen LogP contribution in [0.2, 0.25) is 0 Å². The topological polar surface area (TPSA) is 123 Å². The van der Waals surface area contributed by atoms with E-state index in [1.807, 2.05) is 12.3 Å². The first-order valence-electron chi connectivity index (χ1n) is 8.32. The molecule has 1 aliphatic rings. The summed E-state index contributed by atoms with van der Waals surface area (Å²) in [4.78, 5) is 24.2. The predicted octanol–water partition coefficient (Wildman–Crippen LogP) is 1.10. The molecule has 5 N–H and O–H groups in total. The molecule has 0 spiro atoms. The van der Waals surface area contributed by atoms with Crippen LogP contribution in [-0.2, 0) is 10.3 Å². The second-order valence-corrected chi connectivity index (χ2v) is 6.09. The normalized spacial score (nSPS) is 15.9. The highest BCUT2D eigenvalue weighted by molar-refractivity contribution is 5.97. The number of amides is 3. The maximum absolute atomic E-state index is 13.1. The molecule has 138 valence electrons. The summed E-state index contributed by atoms with van der Waals surface area (Å²) in [6.07, 6.45) is 4.76. The Kier molecular flexibility index (Phi) is 5.08. The molecule has 0 aliphatic carbocycles. The number of nitrogens with zero attached hydrogens (tertiary/aromatic N) is 2. The minimum Gasteiger partial charge on any atom is -0.494 e. The number of ether oxygens (including phenoxy) is 1. The van der Waals surface area contributed by atoms with Crippen molar-refractivity contribution in [1.82, 2.24) is 15.1 Å². The van der Waals surface area contributed by atoms with Gasteiger partial charge in [-0.25, -0.2) is 4.79 Å². The quantitative estimate of drug-likeness (QED) is 0.637. The summed E-state index contributed by atoms with van der Waals surface area (Å²) in [6.45, 7) is 1.47. The fraction of sp³-hybridized carbons (Fsp3) is 0.353. The van der Waals surface area contributed by atoms with Crippen molar-refractivity contribution >= 4 is 23.3 Å². The van der Waals surface area contributed by atoms with Crippen LogP contribution in [-0.4, -0.2) is 41.9 Å². The standard InChI is InChI=1S/C17H22N6O3/c1-26-14-11-12(3-4-13(14)22-16(18)25)21-15(24)17(5-8-19-9-6-17)23-10-2-7-20-23/h2-4,7,10-11,19H,5-6,8-9H2,1H3,(H,21,24)(H3,18,22,25). The van der Waals surface area contributed by atoms with Gasteiger partial charge in [0.1, 0.15) is 11.3 Å². The van der Waals surface area contributed by atoms with Crippen LogP contribution >= 0.6 is 0 Å². The largest absolute Gasteiger partial charge is 0.494 e. The molecule has 0 radical (unpaired) electrons. The molecule has 1 aromatic carbocycles. The lowest BCUT2D eigenvalue weighted by molar-refractivity contribution is -0.126. The Bertz CT molecular complexity index is 784. The minimum atomic E-state index is -0.744. The van der Waals surface area contributed by atoms with E-state index in [0.717, 1.165) is 13.1 Å². The van der Waals surface area contributed by atoms with Crippen LogP contribution < -0.4 is 26.4 Å². The second kappa shape index (κ2) is 7.44. The Morgan fingerprint density at radius 2 is 2.08 bits per heavy atom. The van der Waals surface area contributed by atoms with Crippen molar-refractivity contribution < 1.29 is 14.3 Å². The van der Waals surface area contributed by atoms with E-state index in [0.29, 0.717) is 30.0 Å². The summed E-state index contributed by atoms with van der Waals surface area (Å²) < 4.78 is 6.99. The Morgan fingerprint density at radius 3 is 2.69 bits per heavy atom. The molecule has 0 bridgehead atoms. The molecule has 0 saturated carbocycles. The smallest absolute Gasteiger partial charge is 0.316 e. The molecule has 3 rings (SSSR count). The maximum Gasteiger partial charge on any atom is 0.316 e. The number of nitrogens with one attached hydrogen (secondary N) is 3. The third kappa shape index (κ3) is 3.47. The third-order valence-corrected chi connectivity index (χ3v) is 4.51. The summed E-state index contributed by atoms with van der Waals surface area (Å²) in [5.41, 5.74) is 5.40. The van der Waals surface area contributed by atoms with Crippen LogP contribution in [0.25, 0.3) is 0 Å². The number of anilines is 2. The number of carbonyl (C=O) groups excluding carboxylic acids is 2. The molecule has 3 amide bonds. The van der Waals surface area contributed by atoms with Crippen LogP contribution in [0.5, 0.6) is 5.75 Å². The first-order chi connectivity index (χ1) is 12.5. The van der Waals surface area contributed by atoms with E-state index < -0.39 is 11.6 Å². The molecule has 2 heterocycles. The van der Waals surface area contributed by atoms with Gasteiger partial charge >= 0.3 is 6.03 Å². The number of aromatic nitrogens is 2. The Labute approximate surface area is 150 Å². The highest BCUT2D eigenvalue weighted by atomic mass is 16.5. The molecule has 0 unspecified atom stereocenters. The molecular formula is C17H22N6O3. The molecule has 1 aliphatic heterocycles. The van der Waals surface area contributed by atoms with Gasteiger partial charge in [0.15, 0.2) is 0 Å². The van der Waals surface area contributed by atoms with Gasteiger partial charge in [-0.2, -0.15) is 5.10 Å². The monoisotopic (exact) mass is 358 g/mol. The summed E-state index contributed by atoms with van der Waals surface area (Å²) >= 11 is 0. The van der Waals surface area contributed by atoms with Gasteiger partial charge in [-0.3, -0.25) is 9.48 Å². The summed E-state index contributed by atoms with van der Waals surface area (Å²) in [5, 5.41) is 13.0. The van der Waals surface area contributed by atoms with Crippen molar-refractivity contribution in [3.8, 4) is 5.75 Å². The van der Waals surface area contributed by atoms with Gasteiger partial charge in [0, 0.05) is 24.1 Å².